The van der Waals surface area contributed by atoms with Crippen LogP contribution in [0.25, 0.3) is 0 Å². The molecule has 6 heteroatoms. The van der Waals surface area contributed by atoms with Crippen molar-refractivity contribution in [3.63, 3.8) is 0 Å². The predicted molar refractivity (Wildman–Crippen MR) is 91.2 cm³/mol. The molecule has 0 heterocycles. The van der Waals surface area contributed by atoms with E-state index >= 15 is 0 Å². The quantitative estimate of drug-likeness (QED) is 0.298. The molecule has 1 N–H and O–H groups in total. The number of methoxy groups -OCH3 is 1. The first kappa shape index (κ1) is 17.9. The first-order valence-electron chi connectivity index (χ1n) is 6.43. The highest BCUT2D eigenvalue weighted by Gasteiger charge is 2.21. The normalized spacial score (nSPS) is 10.7. The molecule has 0 radical (unpaired) electrons. The smallest absolute Gasteiger partial charge is 0.132 e. The maximum absolute atomic E-state index is 8.83. The maximum Gasteiger partial charge on any atom is 0.132 e. The van der Waals surface area contributed by atoms with Gasteiger partial charge >= 0.3 is 0 Å². The lowest BCUT2D eigenvalue weighted by atomic mass is 9.95. The Bertz CT molecular complexity index is 452. The van der Waals surface area contributed by atoms with Gasteiger partial charge in [0, 0.05) is 16.9 Å². The molecule has 0 saturated carbocycles. The van der Waals surface area contributed by atoms with E-state index in [0.717, 1.165) is 45.9 Å². The highest BCUT2D eigenvalue weighted by molar-refractivity contribution is 14.2. The number of benzene rings is 1. The summed E-state index contributed by atoms with van der Waals surface area (Å²) in [5.41, 5.74) is 4.01. The van der Waals surface area contributed by atoms with Gasteiger partial charge < -0.3 is 9.47 Å². The van der Waals surface area contributed by atoms with Crippen molar-refractivity contribution in [2.45, 2.75) is 33.8 Å². The second kappa shape index (κ2) is 8.96. The van der Waals surface area contributed by atoms with Gasteiger partial charge in [-0.2, -0.15) is 0 Å². The van der Waals surface area contributed by atoms with Gasteiger partial charge in [-0.1, -0.05) is 15.9 Å². The molecule has 0 aliphatic rings. The van der Waals surface area contributed by atoms with Crippen molar-refractivity contribution < 1.29 is 19.6 Å². The molecule has 1 aromatic carbocycles. The number of hydrogen-bond acceptors (Lipinski definition) is 5. The van der Waals surface area contributed by atoms with Crippen molar-refractivity contribution >= 4 is 30.1 Å². The molecular weight excluding hydrogens is 391 g/mol. The van der Waals surface area contributed by atoms with Gasteiger partial charge in [0.2, 0.25) is 0 Å². The standard InChI is InChI=1S/C14H21IO4S/c1-5-11-13(17-4)10(3)9(2)12(8-19-16)14(11)18-6-7-20-15/h16H,5-8H2,1-4H3. The molecule has 0 unspecified atom stereocenters. The average Bonchev–Trinajstić information content (AvgIpc) is 2.45. The van der Waals surface area contributed by atoms with Crippen molar-refractivity contribution in [1.29, 1.82) is 0 Å². The van der Waals surface area contributed by atoms with Gasteiger partial charge in [0.25, 0.3) is 0 Å². The Morgan fingerprint density at radius 2 is 1.85 bits per heavy atom. The zero-order valence-corrected chi connectivity index (χ0v) is 15.3. The molecule has 0 fully saturated rings. The topological polar surface area (TPSA) is 47.9 Å². The van der Waals surface area contributed by atoms with E-state index < -0.39 is 0 Å². The van der Waals surface area contributed by atoms with Crippen LogP contribution in [-0.2, 0) is 17.9 Å². The lowest BCUT2D eigenvalue weighted by Crippen LogP contribution is -2.10. The van der Waals surface area contributed by atoms with Crippen molar-refractivity contribution in [3.05, 3.63) is 22.3 Å². The summed E-state index contributed by atoms with van der Waals surface area (Å²) in [5.74, 6) is 2.55. The van der Waals surface area contributed by atoms with E-state index in [1.54, 1.807) is 16.0 Å². The fourth-order valence-corrected chi connectivity index (χ4v) is 2.95. The van der Waals surface area contributed by atoms with Crippen LogP contribution in [0.1, 0.15) is 29.2 Å². The largest absolute Gasteiger partial charge is 0.496 e. The fourth-order valence-electron chi connectivity index (χ4n) is 2.26. The summed E-state index contributed by atoms with van der Waals surface area (Å²) in [5, 5.41) is 8.83. The van der Waals surface area contributed by atoms with Crippen LogP contribution in [0.3, 0.4) is 0 Å². The highest BCUT2D eigenvalue weighted by Crippen LogP contribution is 2.39. The van der Waals surface area contributed by atoms with Crippen molar-refractivity contribution in [1.82, 2.24) is 0 Å². The Balaban J connectivity index is 3.35. The van der Waals surface area contributed by atoms with E-state index in [4.69, 9.17) is 14.7 Å². The van der Waals surface area contributed by atoms with Crippen LogP contribution < -0.4 is 9.47 Å². The summed E-state index contributed by atoms with van der Waals surface area (Å²) in [6.07, 6.45) is 0.801. The molecule has 20 heavy (non-hydrogen) atoms. The second-order valence-electron chi connectivity index (χ2n) is 4.36. The van der Waals surface area contributed by atoms with E-state index in [-0.39, 0.29) is 6.61 Å². The lowest BCUT2D eigenvalue weighted by molar-refractivity contribution is -0.253. The van der Waals surface area contributed by atoms with Crippen LogP contribution in [0.4, 0.5) is 0 Å². The van der Waals surface area contributed by atoms with Gasteiger partial charge in [-0.05, 0) is 52.6 Å². The maximum atomic E-state index is 8.83. The van der Waals surface area contributed by atoms with Crippen LogP contribution in [0.2, 0.25) is 0 Å². The molecule has 0 atom stereocenters. The molecule has 0 saturated heterocycles. The summed E-state index contributed by atoms with van der Waals surface area (Å²) < 4.78 is 11.5. The Morgan fingerprint density at radius 1 is 1.15 bits per heavy atom. The zero-order chi connectivity index (χ0) is 15.1. The third kappa shape index (κ3) is 3.93. The van der Waals surface area contributed by atoms with E-state index in [0.29, 0.717) is 6.61 Å². The molecule has 0 bridgehead atoms. The minimum Gasteiger partial charge on any atom is -0.496 e. The van der Waals surface area contributed by atoms with Gasteiger partial charge in [-0.25, -0.2) is 4.89 Å². The minimum atomic E-state index is 0.121. The Morgan fingerprint density at radius 3 is 2.35 bits per heavy atom. The Hall–Kier alpha value is -0.180. The van der Waals surface area contributed by atoms with Gasteiger partial charge in [0.15, 0.2) is 0 Å². The third-order valence-electron chi connectivity index (χ3n) is 3.35. The summed E-state index contributed by atoms with van der Waals surface area (Å²) in [6.45, 7) is 6.81. The van der Waals surface area contributed by atoms with Crippen LogP contribution in [0.15, 0.2) is 0 Å². The van der Waals surface area contributed by atoms with Crippen molar-refractivity contribution in [3.8, 4) is 11.5 Å². The number of halogens is 1. The zero-order valence-electron chi connectivity index (χ0n) is 12.3. The van der Waals surface area contributed by atoms with Gasteiger partial charge in [0.1, 0.15) is 18.1 Å². The highest BCUT2D eigenvalue weighted by atomic mass is 127. The van der Waals surface area contributed by atoms with Crippen LogP contribution in [0.5, 0.6) is 11.5 Å². The second-order valence-corrected chi connectivity index (χ2v) is 6.85. The van der Waals surface area contributed by atoms with Crippen molar-refractivity contribution in [2.24, 2.45) is 0 Å². The van der Waals surface area contributed by atoms with Gasteiger partial charge in [-0.3, -0.25) is 5.26 Å². The molecule has 1 aromatic rings. The Kier molecular flexibility index (Phi) is 8.01. The van der Waals surface area contributed by atoms with Crippen LogP contribution in [0, 0.1) is 13.8 Å². The average molecular weight is 412 g/mol. The first-order valence-corrected chi connectivity index (χ1v) is 9.96. The molecular formula is C14H21IO4S. The molecule has 1 rings (SSSR count). The van der Waals surface area contributed by atoms with Gasteiger partial charge in [-0.15, -0.1) is 0 Å². The number of hydrogen-bond donors (Lipinski definition) is 1. The number of ether oxygens (including phenoxy) is 2. The molecule has 0 aliphatic heterocycles. The number of rotatable bonds is 8. The van der Waals surface area contributed by atoms with E-state index in [1.165, 1.54) is 0 Å². The molecule has 0 aliphatic carbocycles. The summed E-state index contributed by atoms with van der Waals surface area (Å²) in [6, 6.07) is 0. The Labute approximate surface area is 136 Å². The summed E-state index contributed by atoms with van der Waals surface area (Å²) in [4.78, 5) is 4.36. The summed E-state index contributed by atoms with van der Waals surface area (Å²) in [7, 11) is 3.38. The summed E-state index contributed by atoms with van der Waals surface area (Å²) >= 11 is 2.25. The molecule has 4 nitrogen and oxygen atoms in total. The molecule has 114 valence electrons. The van der Waals surface area contributed by atoms with Crippen LogP contribution >= 0.6 is 30.1 Å². The minimum absolute atomic E-state index is 0.121. The lowest BCUT2D eigenvalue weighted by Gasteiger charge is -2.22. The van der Waals surface area contributed by atoms with E-state index in [1.807, 2.05) is 13.8 Å². The van der Waals surface area contributed by atoms with E-state index in [9.17, 15) is 0 Å². The first-order chi connectivity index (χ1) is 9.62. The van der Waals surface area contributed by atoms with Crippen LogP contribution in [-0.4, -0.2) is 24.7 Å². The van der Waals surface area contributed by atoms with Gasteiger partial charge in [0.05, 0.1) is 13.7 Å². The predicted octanol–water partition coefficient (Wildman–Crippen LogP) is 4.33. The molecule has 0 aromatic heterocycles. The molecule has 0 amide bonds. The SMILES string of the molecule is CCc1c(OC)c(C)c(C)c(COO)c1OCCSI. The van der Waals surface area contributed by atoms with Crippen molar-refractivity contribution in [2.75, 3.05) is 19.5 Å². The molecule has 0 spiro atoms. The third-order valence-corrected chi connectivity index (χ3v) is 4.99. The van der Waals surface area contributed by atoms with E-state index in [2.05, 4.69) is 33.0 Å². The fraction of sp³-hybridized carbons (Fsp3) is 0.571. The monoisotopic (exact) mass is 412 g/mol.